The Hall–Kier alpha value is -1.38. The van der Waals surface area contributed by atoms with Crippen LogP contribution < -0.4 is 0 Å². The molecule has 0 unspecified atom stereocenters. The van der Waals surface area contributed by atoms with E-state index in [0.717, 1.165) is 17.7 Å². The van der Waals surface area contributed by atoms with Gasteiger partial charge in [0.25, 0.3) is 0 Å². The van der Waals surface area contributed by atoms with E-state index in [2.05, 4.69) is 5.10 Å². The lowest BCUT2D eigenvalue weighted by Gasteiger charge is -1.93. The van der Waals surface area contributed by atoms with E-state index < -0.39 is 0 Å². The van der Waals surface area contributed by atoms with Gasteiger partial charge in [-0.25, -0.2) is 4.68 Å². The van der Waals surface area contributed by atoms with Crippen molar-refractivity contribution >= 4 is 12.5 Å². The summed E-state index contributed by atoms with van der Waals surface area (Å²) < 4.78 is 1.71. The van der Waals surface area contributed by atoms with E-state index in [1.165, 1.54) is 11.6 Å². The molecule has 0 aliphatic heterocycles. The Kier molecular flexibility index (Phi) is 2.43. The summed E-state index contributed by atoms with van der Waals surface area (Å²) in [5, 5.41) is 4.22. The summed E-state index contributed by atoms with van der Waals surface area (Å²) >= 11 is 0. The van der Waals surface area contributed by atoms with Crippen LogP contribution in [0.2, 0.25) is 0 Å². The smallest absolute Gasteiger partial charge is 0.144 e. The van der Waals surface area contributed by atoms with E-state index in [1.54, 1.807) is 10.9 Å². The molecule has 3 nitrogen and oxygen atoms in total. The minimum atomic E-state index is 0.742. The highest BCUT2D eigenvalue weighted by atomic mass is 16.1. The van der Waals surface area contributed by atoms with Crippen LogP contribution in [0.15, 0.2) is 6.08 Å². The van der Waals surface area contributed by atoms with E-state index in [0.29, 0.717) is 0 Å². The van der Waals surface area contributed by atoms with Crippen LogP contribution in [0.5, 0.6) is 0 Å². The van der Waals surface area contributed by atoms with Crippen LogP contribution in [0, 0.1) is 20.8 Å². The third kappa shape index (κ3) is 1.44. The quantitative estimate of drug-likeness (QED) is 0.490. The number of nitrogens with zero attached hydrogens (tertiary/aromatic N) is 2. The van der Waals surface area contributed by atoms with E-state index in [-0.39, 0.29) is 0 Å². The number of allylic oxidation sites excluding steroid dienone is 1. The fourth-order valence-corrected chi connectivity index (χ4v) is 1.01. The first-order valence-electron chi connectivity index (χ1n) is 3.81. The lowest BCUT2D eigenvalue weighted by atomic mass is 10.2. The number of hydrogen-bond acceptors (Lipinski definition) is 2. The monoisotopic (exact) mass is 164 g/mol. The van der Waals surface area contributed by atoms with Crippen LogP contribution in [-0.2, 0) is 4.79 Å². The van der Waals surface area contributed by atoms with Gasteiger partial charge in [-0.1, -0.05) is 0 Å². The summed E-state index contributed by atoms with van der Waals surface area (Å²) in [5.74, 6) is 0. The first kappa shape index (κ1) is 8.71. The van der Waals surface area contributed by atoms with Crippen molar-refractivity contribution in [1.82, 2.24) is 9.78 Å². The van der Waals surface area contributed by atoms with Gasteiger partial charge in [0.1, 0.15) is 6.29 Å². The molecule has 0 radical (unpaired) electrons. The fraction of sp³-hybridized carbons (Fsp3) is 0.333. The highest BCUT2D eigenvalue weighted by molar-refractivity contribution is 5.69. The standard InChI is InChI=1S/C9H12N2O/c1-7-8(2)10-11(9(7)3)5-4-6-12/h4-6H,1-3H3/b5-4+. The van der Waals surface area contributed by atoms with Crippen LogP contribution in [0.25, 0.3) is 6.20 Å². The Labute approximate surface area is 71.7 Å². The Morgan fingerprint density at radius 2 is 2.00 bits per heavy atom. The zero-order chi connectivity index (χ0) is 9.14. The molecule has 0 aliphatic carbocycles. The van der Waals surface area contributed by atoms with Gasteiger partial charge in [-0.15, -0.1) is 0 Å². The molecule has 0 fully saturated rings. The number of rotatable bonds is 2. The first-order chi connectivity index (χ1) is 5.66. The topological polar surface area (TPSA) is 34.9 Å². The molecule has 0 saturated heterocycles. The van der Waals surface area contributed by atoms with E-state index in [9.17, 15) is 4.79 Å². The SMILES string of the molecule is Cc1nn(/C=C/C=O)c(C)c1C. The molecule has 3 heteroatoms. The van der Waals surface area contributed by atoms with Gasteiger partial charge >= 0.3 is 0 Å². The molecule has 0 N–H and O–H groups in total. The molecule has 64 valence electrons. The highest BCUT2D eigenvalue weighted by Gasteiger charge is 2.03. The fourth-order valence-electron chi connectivity index (χ4n) is 1.01. The normalized spacial score (nSPS) is 10.9. The predicted molar refractivity (Wildman–Crippen MR) is 47.8 cm³/mol. The van der Waals surface area contributed by atoms with E-state index >= 15 is 0 Å². The second kappa shape index (κ2) is 3.34. The van der Waals surface area contributed by atoms with E-state index in [1.807, 2.05) is 20.8 Å². The summed E-state index contributed by atoms with van der Waals surface area (Å²) in [4.78, 5) is 10.1. The molecule has 0 aromatic carbocycles. The molecule has 0 spiro atoms. The third-order valence-corrected chi connectivity index (χ3v) is 1.99. The second-order valence-electron chi connectivity index (χ2n) is 2.72. The number of aldehydes is 1. The van der Waals surface area contributed by atoms with Crippen molar-refractivity contribution in [1.29, 1.82) is 0 Å². The summed E-state index contributed by atoms with van der Waals surface area (Å²) in [5.41, 5.74) is 3.25. The van der Waals surface area contributed by atoms with Gasteiger partial charge in [0, 0.05) is 11.9 Å². The molecule has 1 heterocycles. The Morgan fingerprint density at radius 1 is 1.33 bits per heavy atom. The van der Waals surface area contributed by atoms with Gasteiger partial charge < -0.3 is 0 Å². The third-order valence-electron chi connectivity index (χ3n) is 1.99. The van der Waals surface area contributed by atoms with Crippen LogP contribution in [0.1, 0.15) is 17.0 Å². The van der Waals surface area contributed by atoms with Crippen molar-refractivity contribution in [3.63, 3.8) is 0 Å². The summed E-state index contributed by atoms with van der Waals surface area (Å²) in [7, 11) is 0. The van der Waals surface area contributed by atoms with Gasteiger partial charge in [0.05, 0.1) is 5.69 Å². The first-order valence-corrected chi connectivity index (χ1v) is 3.81. The number of aromatic nitrogens is 2. The number of hydrogen-bond donors (Lipinski definition) is 0. The number of carbonyl (C=O) groups is 1. The van der Waals surface area contributed by atoms with Crippen molar-refractivity contribution in [2.75, 3.05) is 0 Å². The minimum absolute atomic E-state index is 0.742. The lowest BCUT2D eigenvalue weighted by molar-refractivity contribution is -0.104. The molecule has 1 aromatic rings. The van der Waals surface area contributed by atoms with Crippen molar-refractivity contribution in [3.8, 4) is 0 Å². The Bertz CT molecular complexity index is 324. The summed E-state index contributed by atoms with van der Waals surface area (Å²) in [6, 6.07) is 0. The number of carbonyl (C=O) groups excluding carboxylic acids is 1. The van der Waals surface area contributed by atoms with Crippen LogP contribution >= 0.6 is 0 Å². The molecular formula is C9H12N2O. The molecular weight excluding hydrogens is 152 g/mol. The average molecular weight is 164 g/mol. The van der Waals surface area contributed by atoms with Gasteiger partial charge in [0.15, 0.2) is 0 Å². The van der Waals surface area contributed by atoms with E-state index in [4.69, 9.17) is 0 Å². The molecule has 0 aliphatic rings. The molecule has 0 atom stereocenters. The average Bonchev–Trinajstić information content (AvgIpc) is 2.30. The lowest BCUT2D eigenvalue weighted by Crippen LogP contribution is -1.91. The molecule has 12 heavy (non-hydrogen) atoms. The Morgan fingerprint density at radius 3 is 2.42 bits per heavy atom. The summed E-state index contributed by atoms with van der Waals surface area (Å²) in [6.45, 7) is 5.95. The highest BCUT2D eigenvalue weighted by Crippen LogP contribution is 2.10. The maximum absolute atomic E-state index is 10.1. The molecule has 1 aromatic heterocycles. The van der Waals surface area contributed by atoms with Crippen molar-refractivity contribution in [3.05, 3.63) is 23.0 Å². The van der Waals surface area contributed by atoms with Crippen LogP contribution in [0.4, 0.5) is 0 Å². The van der Waals surface area contributed by atoms with Crippen LogP contribution in [0.3, 0.4) is 0 Å². The van der Waals surface area contributed by atoms with Gasteiger partial charge in [-0.3, -0.25) is 4.79 Å². The van der Waals surface area contributed by atoms with Gasteiger partial charge in [-0.05, 0) is 32.4 Å². The van der Waals surface area contributed by atoms with Crippen molar-refractivity contribution < 1.29 is 4.79 Å². The molecule has 0 amide bonds. The molecule has 0 saturated carbocycles. The van der Waals surface area contributed by atoms with Gasteiger partial charge in [0.2, 0.25) is 0 Å². The predicted octanol–water partition coefficient (Wildman–Crippen LogP) is 1.48. The zero-order valence-corrected chi connectivity index (χ0v) is 7.53. The zero-order valence-electron chi connectivity index (χ0n) is 7.53. The largest absolute Gasteiger partial charge is 0.299 e. The Balaban J connectivity index is 3.09. The number of aryl methyl sites for hydroxylation is 1. The molecule has 1 rings (SSSR count). The maximum atomic E-state index is 10.1. The molecule has 0 bridgehead atoms. The second-order valence-corrected chi connectivity index (χ2v) is 2.72. The van der Waals surface area contributed by atoms with Crippen molar-refractivity contribution in [2.45, 2.75) is 20.8 Å². The van der Waals surface area contributed by atoms with Crippen LogP contribution in [-0.4, -0.2) is 16.1 Å². The minimum Gasteiger partial charge on any atom is -0.299 e. The van der Waals surface area contributed by atoms with Gasteiger partial charge in [-0.2, -0.15) is 5.10 Å². The van der Waals surface area contributed by atoms with Crippen molar-refractivity contribution in [2.24, 2.45) is 0 Å². The maximum Gasteiger partial charge on any atom is 0.144 e. The summed E-state index contributed by atoms with van der Waals surface area (Å²) in [6.07, 6.45) is 3.83.